The van der Waals surface area contributed by atoms with Crippen LogP contribution in [0.2, 0.25) is 0 Å². The number of anilines is 1. The summed E-state index contributed by atoms with van der Waals surface area (Å²) >= 11 is 3.15. The molecule has 0 spiro atoms. The quantitative estimate of drug-likeness (QED) is 0.751. The summed E-state index contributed by atoms with van der Waals surface area (Å²) in [6.45, 7) is 0. The molecular formula is C17H15N3OS2. The van der Waals surface area contributed by atoms with E-state index in [-0.39, 0.29) is 5.91 Å². The number of carbonyl (C=O) groups is 1. The van der Waals surface area contributed by atoms with Crippen molar-refractivity contribution >= 4 is 34.1 Å². The standard InChI is InChI=1S/C17H15N3OS2/c1-22-10-12-5-7-13(8-6-12)16(21)20-17-19-15(11-23-17)14-4-2-3-9-18-14/h2-9,11H,10H2,1H3,(H,19,20,21). The average molecular weight is 341 g/mol. The van der Waals surface area contributed by atoms with Crippen LogP contribution in [0, 0.1) is 0 Å². The third-order valence-electron chi connectivity index (χ3n) is 3.18. The maximum Gasteiger partial charge on any atom is 0.257 e. The van der Waals surface area contributed by atoms with Gasteiger partial charge >= 0.3 is 0 Å². The van der Waals surface area contributed by atoms with Crippen LogP contribution < -0.4 is 5.32 Å². The number of nitrogens with zero attached hydrogens (tertiary/aromatic N) is 2. The molecule has 2 heterocycles. The van der Waals surface area contributed by atoms with Gasteiger partial charge in [0.05, 0.1) is 5.69 Å². The Hall–Kier alpha value is -2.18. The molecule has 0 fully saturated rings. The highest BCUT2D eigenvalue weighted by Crippen LogP contribution is 2.23. The Morgan fingerprint density at radius 3 is 2.70 bits per heavy atom. The van der Waals surface area contributed by atoms with Crippen LogP contribution in [0.1, 0.15) is 15.9 Å². The van der Waals surface area contributed by atoms with Crippen LogP contribution >= 0.6 is 23.1 Å². The van der Waals surface area contributed by atoms with Crippen molar-refractivity contribution in [3.8, 4) is 11.4 Å². The molecule has 0 aliphatic carbocycles. The Morgan fingerprint density at radius 1 is 1.17 bits per heavy atom. The fourth-order valence-electron chi connectivity index (χ4n) is 2.05. The molecule has 6 heteroatoms. The number of pyridine rings is 1. The number of aromatic nitrogens is 2. The third kappa shape index (κ3) is 3.97. The molecule has 0 bridgehead atoms. The number of thioether (sulfide) groups is 1. The molecule has 0 atom stereocenters. The summed E-state index contributed by atoms with van der Waals surface area (Å²) in [7, 11) is 0. The third-order valence-corrected chi connectivity index (χ3v) is 4.56. The predicted molar refractivity (Wildman–Crippen MR) is 97.0 cm³/mol. The molecule has 2 aromatic heterocycles. The molecule has 1 aromatic carbocycles. The number of nitrogens with one attached hydrogen (secondary N) is 1. The molecule has 23 heavy (non-hydrogen) atoms. The van der Waals surface area contributed by atoms with Crippen molar-refractivity contribution in [1.29, 1.82) is 0 Å². The van der Waals surface area contributed by atoms with Crippen LogP contribution in [0.4, 0.5) is 5.13 Å². The topological polar surface area (TPSA) is 54.9 Å². The summed E-state index contributed by atoms with van der Waals surface area (Å²) in [4.78, 5) is 20.9. The van der Waals surface area contributed by atoms with E-state index < -0.39 is 0 Å². The lowest BCUT2D eigenvalue weighted by molar-refractivity contribution is 0.102. The summed E-state index contributed by atoms with van der Waals surface area (Å²) < 4.78 is 0. The summed E-state index contributed by atoms with van der Waals surface area (Å²) in [5, 5.41) is 5.30. The molecule has 116 valence electrons. The van der Waals surface area contributed by atoms with E-state index in [1.807, 2.05) is 47.8 Å². The molecule has 0 saturated heterocycles. The first-order valence-corrected chi connectivity index (χ1v) is 9.30. The Bertz CT molecular complexity index is 785. The monoisotopic (exact) mass is 341 g/mol. The van der Waals surface area contributed by atoms with Gasteiger partial charge in [0.25, 0.3) is 5.91 Å². The highest BCUT2D eigenvalue weighted by Gasteiger charge is 2.10. The number of thiazole rings is 1. The van der Waals surface area contributed by atoms with Crippen molar-refractivity contribution < 1.29 is 4.79 Å². The van der Waals surface area contributed by atoms with Crippen molar-refractivity contribution in [2.75, 3.05) is 11.6 Å². The molecule has 0 saturated carbocycles. The summed E-state index contributed by atoms with van der Waals surface area (Å²) in [6.07, 6.45) is 3.78. The zero-order valence-corrected chi connectivity index (χ0v) is 14.2. The van der Waals surface area contributed by atoms with Gasteiger partial charge in [-0.25, -0.2) is 4.98 Å². The van der Waals surface area contributed by atoms with Crippen LogP contribution in [-0.4, -0.2) is 22.1 Å². The zero-order valence-electron chi connectivity index (χ0n) is 12.5. The van der Waals surface area contributed by atoms with Gasteiger partial charge < -0.3 is 0 Å². The van der Waals surface area contributed by atoms with Gasteiger partial charge in [-0.3, -0.25) is 15.1 Å². The summed E-state index contributed by atoms with van der Waals surface area (Å²) in [5.41, 5.74) is 3.40. The van der Waals surface area contributed by atoms with Gasteiger partial charge in [0.15, 0.2) is 5.13 Å². The molecule has 1 amide bonds. The van der Waals surface area contributed by atoms with E-state index in [2.05, 4.69) is 21.5 Å². The van der Waals surface area contributed by atoms with Crippen molar-refractivity contribution in [1.82, 2.24) is 9.97 Å². The molecule has 0 aliphatic rings. The first kappa shape index (κ1) is 15.7. The van der Waals surface area contributed by atoms with E-state index in [0.29, 0.717) is 10.7 Å². The Morgan fingerprint density at radius 2 is 2.00 bits per heavy atom. The SMILES string of the molecule is CSCc1ccc(C(=O)Nc2nc(-c3ccccn3)cs2)cc1. The lowest BCUT2D eigenvalue weighted by Gasteiger charge is -2.03. The Kier molecular flexibility index (Phi) is 5.05. The lowest BCUT2D eigenvalue weighted by Crippen LogP contribution is -2.11. The number of carbonyl (C=O) groups excluding carboxylic acids is 1. The Labute approximate surface area is 143 Å². The zero-order chi connectivity index (χ0) is 16.1. The van der Waals surface area contributed by atoms with Gasteiger partial charge in [-0.15, -0.1) is 11.3 Å². The van der Waals surface area contributed by atoms with E-state index in [9.17, 15) is 4.79 Å². The maximum atomic E-state index is 12.3. The maximum absolute atomic E-state index is 12.3. The van der Waals surface area contributed by atoms with E-state index in [1.165, 1.54) is 16.9 Å². The minimum atomic E-state index is -0.150. The van der Waals surface area contributed by atoms with E-state index in [4.69, 9.17) is 0 Å². The molecule has 3 aromatic rings. The summed E-state index contributed by atoms with van der Waals surface area (Å²) in [6, 6.07) is 13.3. The van der Waals surface area contributed by atoms with Crippen molar-refractivity contribution in [2.45, 2.75) is 5.75 Å². The van der Waals surface area contributed by atoms with Gasteiger partial charge in [-0.05, 0) is 36.1 Å². The summed E-state index contributed by atoms with van der Waals surface area (Å²) in [5.74, 6) is 0.796. The Balaban J connectivity index is 1.69. The molecular weight excluding hydrogens is 326 g/mol. The molecule has 0 radical (unpaired) electrons. The van der Waals surface area contributed by atoms with Crippen molar-refractivity contribution in [3.05, 3.63) is 65.2 Å². The lowest BCUT2D eigenvalue weighted by atomic mass is 10.1. The second kappa shape index (κ2) is 7.39. The predicted octanol–water partition coefficient (Wildman–Crippen LogP) is 4.32. The molecule has 3 rings (SSSR count). The van der Waals surface area contributed by atoms with Crippen LogP contribution in [0.25, 0.3) is 11.4 Å². The van der Waals surface area contributed by atoms with E-state index in [0.717, 1.165) is 17.1 Å². The van der Waals surface area contributed by atoms with Crippen LogP contribution in [0.3, 0.4) is 0 Å². The van der Waals surface area contributed by atoms with Gasteiger partial charge in [0, 0.05) is 22.9 Å². The minimum Gasteiger partial charge on any atom is -0.298 e. The number of benzene rings is 1. The molecule has 1 N–H and O–H groups in total. The number of hydrogen-bond acceptors (Lipinski definition) is 5. The average Bonchev–Trinajstić information content (AvgIpc) is 3.05. The van der Waals surface area contributed by atoms with Crippen LogP contribution in [0.5, 0.6) is 0 Å². The highest BCUT2D eigenvalue weighted by atomic mass is 32.2. The smallest absolute Gasteiger partial charge is 0.257 e. The normalized spacial score (nSPS) is 10.5. The first-order valence-electron chi connectivity index (χ1n) is 7.02. The fourth-order valence-corrected chi connectivity index (χ4v) is 3.28. The van der Waals surface area contributed by atoms with Gasteiger partial charge in [0.1, 0.15) is 5.69 Å². The van der Waals surface area contributed by atoms with Gasteiger partial charge in [-0.2, -0.15) is 11.8 Å². The molecule has 4 nitrogen and oxygen atoms in total. The van der Waals surface area contributed by atoms with E-state index >= 15 is 0 Å². The van der Waals surface area contributed by atoms with Gasteiger partial charge in [0.2, 0.25) is 0 Å². The van der Waals surface area contributed by atoms with Crippen LogP contribution in [-0.2, 0) is 5.75 Å². The van der Waals surface area contributed by atoms with Crippen molar-refractivity contribution in [3.63, 3.8) is 0 Å². The molecule has 0 aliphatic heterocycles. The first-order chi connectivity index (χ1) is 11.3. The minimum absolute atomic E-state index is 0.150. The number of hydrogen-bond donors (Lipinski definition) is 1. The van der Waals surface area contributed by atoms with Gasteiger partial charge in [-0.1, -0.05) is 18.2 Å². The second-order valence-electron chi connectivity index (χ2n) is 4.84. The second-order valence-corrected chi connectivity index (χ2v) is 6.56. The number of rotatable bonds is 5. The highest BCUT2D eigenvalue weighted by molar-refractivity contribution is 7.97. The largest absolute Gasteiger partial charge is 0.298 e. The van der Waals surface area contributed by atoms with Crippen molar-refractivity contribution in [2.24, 2.45) is 0 Å². The van der Waals surface area contributed by atoms with Crippen LogP contribution in [0.15, 0.2) is 54.0 Å². The molecule has 0 unspecified atom stereocenters. The fraction of sp³-hybridized carbons (Fsp3) is 0.118. The van der Waals surface area contributed by atoms with E-state index in [1.54, 1.807) is 18.0 Å². The number of amides is 1.